The van der Waals surface area contributed by atoms with Gasteiger partial charge in [0.1, 0.15) is 6.04 Å². The van der Waals surface area contributed by atoms with E-state index in [1.54, 1.807) is 6.92 Å². The van der Waals surface area contributed by atoms with Crippen LogP contribution < -0.4 is 5.32 Å². The summed E-state index contributed by atoms with van der Waals surface area (Å²) >= 11 is 6.16. The van der Waals surface area contributed by atoms with Crippen LogP contribution in [-0.2, 0) is 20.9 Å². The zero-order valence-electron chi connectivity index (χ0n) is 12.0. The van der Waals surface area contributed by atoms with E-state index in [0.717, 1.165) is 5.56 Å². The molecule has 1 saturated heterocycles. The third-order valence-electron chi connectivity index (χ3n) is 3.44. The minimum atomic E-state index is -0.505. The van der Waals surface area contributed by atoms with Crippen LogP contribution in [-0.4, -0.2) is 42.5 Å². The first-order valence-electron chi connectivity index (χ1n) is 7.02. The van der Waals surface area contributed by atoms with Crippen LogP contribution in [0.1, 0.15) is 18.9 Å². The Hall–Kier alpha value is -1.59. The van der Waals surface area contributed by atoms with Gasteiger partial charge in [-0.3, -0.25) is 14.5 Å². The molecule has 1 aliphatic heterocycles. The number of esters is 1. The lowest BCUT2D eigenvalue weighted by Gasteiger charge is -2.34. The minimum Gasteiger partial charge on any atom is -0.466 e. The molecule has 21 heavy (non-hydrogen) atoms. The number of hydrogen-bond acceptors (Lipinski definition) is 4. The zero-order chi connectivity index (χ0) is 15.2. The van der Waals surface area contributed by atoms with Crippen LogP contribution in [0.2, 0.25) is 5.02 Å². The minimum absolute atomic E-state index is 0.0596. The van der Waals surface area contributed by atoms with E-state index in [9.17, 15) is 9.59 Å². The van der Waals surface area contributed by atoms with Gasteiger partial charge in [-0.05, 0) is 18.6 Å². The summed E-state index contributed by atoms with van der Waals surface area (Å²) in [4.78, 5) is 25.7. The van der Waals surface area contributed by atoms with E-state index in [2.05, 4.69) is 5.32 Å². The second kappa shape index (κ2) is 7.43. The lowest BCUT2D eigenvalue weighted by molar-refractivity contribution is -0.148. The predicted molar refractivity (Wildman–Crippen MR) is 79.9 cm³/mol. The first kappa shape index (κ1) is 15.8. The number of ether oxygens (including phenoxy) is 1. The van der Waals surface area contributed by atoms with E-state index in [1.165, 1.54) is 0 Å². The highest BCUT2D eigenvalue weighted by molar-refractivity contribution is 6.31. The van der Waals surface area contributed by atoms with Gasteiger partial charge >= 0.3 is 5.97 Å². The van der Waals surface area contributed by atoms with Crippen LogP contribution in [0.15, 0.2) is 24.3 Å². The van der Waals surface area contributed by atoms with Crippen molar-refractivity contribution in [1.29, 1.82) is 0 Å². The Bertz CT molecular complexity index is 521. The first-order chi connectivity index (χ1) is 10.1. The molecule has 0 saturated carbocycles. The number of halogens is 1. The molecule has 2 rings (SSSR count). The Kier molecular flexibility index (Phi) is 5.59. The van der Waals surface area contributed by atoms with Gasteiger partial charge in [0, 0.05) is 24.7 Å². The Labute approximate surface area is 129 Å². The quantitative estimate of drug-likeness (QED) is 0.839. The average molecular weight is 311 g/mol. The fourth-order valence-corrected chi connectivity index (χ4v) is 2.59. The van der Waals surface area contributed by atoms with Crippen molar-refractivity contribution >= 4 is 23.5 Å². The molecule has 0 bridgehead atoms. The van der Waals surface area contributed by atoms with Crippen LogP contribution in [0.3, 0.4) is 0 Å². The third kappa shape index (κ3) is 4.19. The topological polar surface area (TPSA) is 58.6 Å². The fourth-order valence-electron chi connectivity index (χ4n) is 2.40. The highest BCUT2D eigenvalue weighted by Gasteiger charge is 2.32. The van der Waals surface area contributed by atoms with Crippen molar-refractivity contribution in [1.82, 2.24) is 10.2 Å². The van der Waals surface area contributed by atoms with Crippen LogP contribution in [0, 0.1) is 0 Å². The van der Waals surface area contributed by atoms with Crippen molar-refractivity contribution in [2.45, 2.75) is 25.9 Å². The molecule has 5 nitrogen and oxygen atoms in total. The normalized spacial score (nSPS) is 19.1. The van der Waals surface area contributed by atoms with Gasteiger partial charge in [-0.15, -0.1) is 0 Å². The standard InChI is InChI=1S/C15H19ClN2O3/c1-2-21-14(19)9-13-15(20)17-7-8-18(13)10-11-5-3-4-6-12(11)16/h3-6,13H,2,7-10H2,1H3,(H,17,20)/t13-/m1/s1. The van der Waals surface area contributed by atoms with Crippen LogP contribution in [0.25, 0.3) is 0 Å². The Morgan fingerprint density at radius 2 is 2.24 bits per heavy atom. The Morgan fingerprint density at radius 3 is 2.95 bits per heavy atom. The maximum Gasteiger partial charge on any atom is 0.307 e. The van der Waals surface area contributed by atoms with Gasteiger partial charge in [-0.2, -0.15) is 0 Å². The molecule has 1 N–H and O–H groups in total. The molecule has 0 unspecified atom stereocenters. The molecule has 1 fully saturated rings. The van der Waals surface area contributed by atoms with Crippen molar-refractivity contribution in [2.24, 2.45) is 0 Å². The van der Waals surface area contributed by atoms with Crippen molar-refractivity contribution in [2.75, 3.05) is 19.7 Å². The molecule has 6 heteroatoms. The van der Waals surface area contributed by atoms with Crippen molar-refractivity contribution < 1.29 is 14.3 Å². The molecule has 0 radical (unpaired) electrons. The summed E-state index contributed by atoms with van der Waals surface area (Å²) in [5.74, 6) is -0.495. The summed E-state index contributed by atoms with van der Waals surface area (Å²) in [5.41, 5.74) is 0.947. The molecule has 1 heterocycles. The maximum absolute atomic E-state index is 12.0. The van der Waals surface area contributed by atoms with E-state index in [1.807, 2.05) is 29.2 Å². The van der Waals surface area contributed by atoms with E-state index in [0.29, 0.717) is 31.3 Å². The zero-order valence-corrected chi connectivity index (χ0v) is 12.7. The summed E-state index contributed by atoms with van der Waals surface area (Å²) in [6.07, 6.45) is 0.0596. The highest BCUT2D eigenvalue weighted by atomic mass is 35.5. The number of carbonyl (C=O) groups excluding carboxylic acids is 2. The van der Waals surface area contributed by atoms with Gasteiger partial charge in [0.15, 0.2) is 0 Å². The van der Waals surface area contributed by atoms with Gasteiger partial charge in [-0.25, -0.2) is 0 Å². The maximum atomic E-state index is 12.0. The van der Waals surface area contributed by atoms with Gasteiger partial charge < -0.3 is 10.1 Å². The van der Waals surface area contributed by atoms with Crippen molar-refractivity contribution in [3.8, 4) is 0 Å². The van der Waals surface area contributed by atoms with Crippen LogP contribution in [0.4, 0.5) is 0 Å². The summed E-state index contributed by atoms with van der Waals surface area (Å²) in [6, 6.07) is 7.02. The van der Waals surface area contributed by atoms with Crippen LogP contribution >= 0.6 is 11.6 Å². The largest absolute Gasteiger partial charge is 0.466 e. The van der Waals surface area contributed by atoms with Gasteiger partial charge in [0.2, 0.25) is 5.91 Å². The van der Waals surface area contributed by atoms with Gasteiger partial charge in [-0.1, -0.05) is 29.8 Å². The number of piperazine rings is 1. The number of nitrogens with one attached hydrogen (secondary N) is 1. The SMILES string of the molecule is CCOC(=O)C[C@@H]1C(=O)NCCN1Cc1ccccc1Cl. The molecule has 1 aromatic carbocycles. The smallest absolute Gasteiger partial charge is 0.307 e. The van der Waals surface area contributed by atoms with Gasteiger partial charge in [0.05, 0.1) is 13.0 Å². The van der Waals surface area contributed by atoms with Crippen molar-refractivity contribution in [3.63, 3.8) is 0 Å². The number of benzene rings is 1. The summed E-state index contributed by atoms with van der Waals surface area (Å²) in [5, 5.41) is 3.45. The number of hydrogen-bond donors (Lipinski definition) is 1. The summed E-state index contributed by atoms with van der Waals surface area (Å²) in [7, 11) is 0. The summed E-state index contributed by atoms with van der Waals surface area (Å²) in [6.45, 7) is 3.86. The molecule has 1 amide bonds. The monoisotopic (exact) mass is 310 g/mol. The molecule has 0 spiro atoms. The number of carbonyl (C=O) groups is 2. The van der Waals surface area contributed by atoms with E-state index < -0.39 is 6.04 Å². The highest BCUT2D eigenvalue weighted by Crippen LogP contribution is 2.20. The van der Waals surface area contributed by atoms with Gasteiger partial charge in [0.25, 0.3) is 0 Å². The Balaban J connectivity index is 2.09. The lowest BCUT2D eigenvalue weighted by atomic mass is 10.1. The van der Waals surface area contributed by atoms with E-state index in [4.69, 9.17) is 16.3 Å². The lowest BCUT2D eigenvalue weighted by Crippen LogP contribution is -2.55. The molecule has 0 aliphatic carbocycles. The Morgan fingerprint density at radius 1 is 1.48 bits per heavy atom. The number of rotatable bonds is 5. The third-order valence-corrected chi connectivity index (χ3v) is 3.81. The first-order valence-corrected chi connectivity index (χ1v) is 7.40. The molecule has 0 aromatic heterocycles. The van der Waals surface area contributed by atoms with Crippen molar-refractivity contribution in [3.05, 3.63) is 34.9 Å². The molecule has 1 aromatic rings. The second-order valence-electron chi connectivity index (χ2n) is 4.88. The molecule has 1 atom stereocenters. The number of amides is 1. The molecule has 114 valence electrons. The summed E-state index contributed by atoms with van der Waals surface area (Å²) < 4.78 is 4.94. The second-order valence-corrected chi connectivity index (χ2v) is 5.29. The molecular formula is C15H19ClN2O3. The van der Waals surface area contributed by atoms with Crippen LogP contribution in [0.5, 0.6) is 0 Å². The molecule has 1 aliphatic rings. The van der Waals surface area contributed by atoms with E-state index >= 15 is 0 Å². The fraction of sp³-hybridized carbons (Fsp3) is 0.467. The molecular weight excluding hydrogens is 292 g/mol. The average Bonchev–Trinajstić information content (AvgIpc) is 2.45. The number of nitrogens with zero attached hydrogens (tertiary/aromatic N) is 1. The predicted octanol–water partition coefficient (Wildman–Crippen LogP) is 1.59. The van der Waals surface area contributed by atoms with E-state index in [-0.39, 0.29) is 18.3 Å².